The first-order valence-corrected chi connectivity index (χ1v) is 3.18. The van der Waals surface area contributed by atoms with E-state index in [1.807, 2.05) is 4.98 Å². The highest BCUT2D eigenvalue weighted by atomic mass is 19.4. The smallest absolute Gasteiger partial charge is 0.329 e. The first-order valence-electron chi connectivity index (χ1n) is 3.18. The number of aromatic amines is 1. The van der Waals surface area contributed by atoms with Gasteiger partial charge in [0.15, 0.2) is 0 Å². The normalized spacial score (nSPS) is 11.7. The number of rotatable bonds is 0. The average molecular weight is 177 g/mol. The third kappa shape index (κ3) is 1.49. The summed E-state index contributed by atoms with van der Waals surface area (Å²) in [6.07, 6.45) is -3.38. The number of alkyl halides is 3. The maximum atomic E-state index is 12.1. The molecule has 0 spiro atoms. The van der Waals surface area contributed by atoms with Crippen molar-refractivity contribution < 1.29 is 13.2 Å². The number of pyridine rings is 1. The van der Waals surface area contributed by atoms with Crippen molar-refractivity contribution >= 4 is 0 Å². The van der Waals surface area contributed by atoms with Crippen LogP contribution in [0.5, 0.6) is 0 Å². The molecular weight excluding hydrogens is 171 g/mol. The van der Waals surface area contributed by atoms with Crippen LogP contribution in [0.4, 0.5) is 13.2 Å². The molecule has 0 atom stereocenters. The van der Waals surface area contributed by atoms with E-state index in [-0.39, 0.29) is 5.56 Å². The lowest BCUT2D eigenvalue weighted by molar-refractivity contribution is -0.139. The second-order valence-corrected chi connectivity index (χ2v) is 2.36. The van der Waals surface area contributed by atoms with Crippen molar-refractivity contribution in [2.75, 3.05) is 0 Å². The van der Waals surface area contributed by atoms with Crippen molar-refractivity contribution in [3.63, 3.8) is 0 Å². The largest absolute Gasteiger partial charge is 0.421 e. The van der Waals surface area contributed by atoms with Crippen molar-refractivity contribution in [1.29, 1.82) is 0 Å². The predicted molar refractivity (Wildman–Crippen MR) is 36.8 cm³/mol. The minimum absolute atomic E-state index is 0.0637. The lowest BCUT2D eigenvalue weighted by Crippen LogP contribution is -2.22. The molecule has 0 aliphatic rings. The van der Waals surface area contributed by atoms with E-state index in [1.165, 1.54) is 19.2 Å². The van der Waals surface area contributed by atoms with Crippen molar-refractivity contribution in [2.45, 2.75) is 13.1 Å². The molecule has 2 nitrogen and oxygen atoms in total. The Labute approximate surface area is 66.0 Å². The second kappa shape index (κ2) is 2.66. The molecular formula is C7H6F3NO. The van der Waals surface area contributed by atoms with Crippen LogP contribution in [0.2, 0.25) is 0 Å². The standard InChI is InChI=1S/C7H6F3NO/c1-4-2-3-11-6(12)5(4)7(8,9)10/h2-3H,1H3,(H,11,12). The van der Waals surface area contributed by atoms with Crippen LogP contribution in [0.1, 0.15) is 11.1 Å². The number of halogens is 3. The Kier molecular flexibility index (Phi) is 1.95. The van der Waals surface area contributed by atoms with Gasteiger partial charge in [-0.2, -0.15) is 13.2 Å². The van der Waals surface area contributed by atoms with Gasteiger partial charge < -0.3 is 4.98 Å². The summed E-state index contributed by atoms with van der Waals surface area (Å²) in [6.45, 7) is 1.25. The van der Waals surface area contributed by atoms with Crippen LogP contribution >= 0.6 is 0 Å². The first-order chi connectivity index (χ1) is 5.43. The van der Waals surface area contributed by atoms with Crippen LogP contribution < -0.4 is 5.56 Å². The number of H-pyrrole nitrogens is 1. The summed E-state index contributed by atoms with van der Waals surface area (Å²) in [4.78, 5) is 12.7. The second-order valence-electron chi connectivity index (χ2n) is 2.36. The van der Waals surface area contributed by atoms with Crippen molar-refractivity contribution in [3.8, 4) is 0 Å². The average Bonchev–Trinajstić information content (AvgIpc) is 1.82. The Morgan fingerprint density at radius 2 is 2.00 bits per heavy atom. The number of hydrogen-bond acceptors (Lipinski definition) is 1. The highest BCUT2D eigenvalue weighted by Gasteiger charge is 2.35. The van der Waals surface area contributed by atoms with E-state index in [0.717, 1.165) is 0 Å². The van der Waals surface area contributed by atoms with Crippen molar-refractivity contribution in [1.82, 2.24) is 4.98 Å². The van der Waals surface area contributed by atoms with Crippen LogP contribution in [0.15, 0.2) is 17.1 Å². The molecule has 1 heterocycles. The minimum Gasteiger partial charge on any atom is -0.329 e. The molecule has 1 aromatic rings. The molecule has 0 unspecified atom stereocenters. The zero-order valence-electron chi connectivity index (χ0n) is 6.20. The van der Waals surface area contributed by atoms with Crippen molar-refractivity contribution in [2.24, 2.45) is 0 Å². The van der Waals surface area contributed by atoms with Gasteiger partial charge in [-0.1, -0.05) is 0 Å². The number of aromatic nitrogens is 1. The van der Waals surface area contributed by atoms with E-state index in [9.17, 15) is 18.0 Å². The van der Waals surface area contributed by atoms with Gasteiger partial charge in [-0.25, -0.2) is 0 Å². The summed E-state index contributed by atoms with van der Waals surface area (Å²) in [5, 5.41) is 0. The summed E-state index contributed by atoms with van der Waals surface area (Å²) in [5.41, 5.74) is -2.28. The van der Waals surface area contributed by atoms with Gasteiger partial charge in [0.2, 0.25) is 0 Å². The van der Waals surface area contributed by atoms with Gasteiger partial charge in [-0.3, -0.25) is 4.79 Å². The van der Waals surface area contributed by atoms with E-state index in [1.54, 1.807) is 0 Å². The number of nitrogens with one attached hydrogen (secondary N) is 1. The Bertz CT molecular complexity index is 339. The third-order valence-electron chi connectivity index (χ3n) is 1.45. The molecule has 12 heavy (non-hydrogen) atoms. The Morgan fingerprint density at radius 1 is 1.42 bits per heavy atom. The molecule has 0 aromatic carbocycles. The summed E-state index contributed by atoms with van der Waals surface area (Å²) in [7, 11) is 0. The molecule has 1 rings (SSSR count). The highest BCUT2D eigenvalue weighted by Crippen LogP contribution is 2.28. The van der Waals surface area contributed by atoms with E-state index < -0.39 is 17.3 Å². The number of aryl methyl sites for hydroxylation is 1. The minimum atomic E-state index is -4.57. The fourth-order valence-electron chi connectivity index (χ4n) is 0.929. The molecule has 0 saturated carbocycles. The summed E-state index contributed by atoms with van der Waals surface area (Å²) in [6, 6.07) is 1.21. The molecule has 0 bridgehead atoms. The molecule has 0 aliphatic carbocycles. The Balaban J connectivity index is 3.42. The summed E-state index contributed by atoms with van der Waals surface area (Å²) >= 11 is 0. The molecule has 0 radical (unpaired) electrons. The van der Waals surface area contributed by atoms with Gasteiger partial charge in [0.25, 0.3) is 5.56 Å². The molecule has 0 aliphatic heterocycles. The zero-order valence-corrected chi connectivity index (χ0v) is 6.20. The predicted octanol–water partition coefficient (Wildman–Crippen LogP) is 1.70. The Morgan fingerprint density at radius 3 is 2.33 bits per heavy atom. The SMILES string of the molecule is Cc1cc[nH]c(=O)c1C(F)(F)F. The van der Waals surface area contributed by atoms with E-state index in [0.29, 0.717) is 0 Å². The lowest BCUT2D eigenvalue weighted by Gasteiger charge is -2.07. The molecule has 5 heteroatoms. The molecule has 0 saturated heterocycles. The van der Waals surface area contributed by atoms with Gasteiger partial charge in [-0.05, 0) is 18.6 Å². The molecule has 0 fully saturated rings. The van der Waals surface area contributed by atoms with Crippen LogP contribution in [0, 0.1) is 6.92 Å². The van der Waals surface area contributed by atoms with Crippen molar-refractivity contribution in [3.05, 3.63) is 33.7 Å². The van der Waals surface area contributed by atoms with Gasteiger partial charge in [-0.15, -0.1) is 0 Å². The van der Waals surface area contributed by atoms with E-state index in [2.05, 4.69) is 0 Å². The summed E-state index contributed by atoms with van der Waals surface area (Å²) < 4.78 is 36.3. The van der Waals surface area contributed by atoms with Crippen LogP contribution in [0.25, 0.3) is 0 Å². The molecule has 66 valence electrons. The zero-order chi connectivity index (χ0) is 9.35. The van der Waals surface area contributed by atoms with E-state index >= 15 is 0 Å². The third-order valence-corrected chi connectivity index (χ3v) is 1.45. The topological polar surface area (TPSA) is 32.9 Å². The summed E-state index contributed by atoms with van der Waals surface area (Å²) in [5.74, 6) is 0. The van der Waals surface area contributed by atoms with Crippen LogP contribution in [0.3, 0.4) is 0 Å². The first kappa shape index (κ1) is 8.83. The fraction of sp³-hybridized carbons (Fsp3) is 0.286. The van der Waals surface area contributed by atoms with E-state index in [4.69, 9.17) is 0 Å². The van der Waals surface area contributed by atoms with Gasteiger partial charge in [0.1, 0.15) is 5.56 Å². The molecule has 1 aromatic heterocycles. The monoisotopic (exact) mass is 177 g/mol. The van der Waals surface area contributed by atoms with Crippen LogP contribution in [-0.2, 0) is 6.18 Å². The maximum Gasteiger partial charge on any atom is 0.421 e. The Hall–Kier alpha value is -1.26. The van der Waals surface area contributed by atoms with Gasteiger partial charge in [0, 0.05) is 6.20 Å². The maximum absolute atomic E-state index is 12.1. The fourth-order valence-corrected chi connectivity index (χ4v) is 0.929. The quantitative estimate of drug-likeness (QED) is 0.642. The van der Waals surface area contributed by atoms with Crippen LogP contribution in [-0.4, -0.2) is 4.98 Å². The molecule has 0 amide bonds. The highest BCUT2D eigenvalue weighted by molar-refractivity contribution is 5.24. The number of hydrogen-bond donors (Lipinski definition) is 1. The molecule has 1 N–H and O–H groups in total. The van der Waals surface area contributed by atoms with Gasteiger partial charge in [0.05, 0.1) is 0 Å². The van der Waals surface area contributed by atoms with Gasteiger partial charge >= 0.3 is 6.18 Å². The lowest BCUT2D eigenvalue weighted by atomic mass is 10.1.